The van der Waals surface area contributed by atoms with Crippen molar-refractivity contribution in [2.45, 2.75) is 19.4 Å². The second kappa shape index (κ2) is 5.46. The molecule has 110 valence electrons. The molecular weight excluding hydrogens is 292 g/mol. The predicted octanol–water partition coefficient (Wildman–Crippen LogP) is 1.44. The molecule has 0 unspecified atom stereocenters. The average Bonchev–Trinajstić information content (AvgIpc) is 3.04. The third-order valence-corrected chi connectivity index (χ3v) is 3.84. The minimum atomic E-state index is -0.447. The van der Waals surface area contributed by atoms with Gasteiger partial charge in [0.15, 0.2) is 5.69 Å². The molecule has 1 aromatic carbocycles. The Morgan fingerprint density at radius 2 is 2.29 bits per heavy atom. The maximum Gasteiger partial charge on any atom is 0.276 e. The summed E-state index contributed by atoms with van der Waals surface area (Å²) in [6.07, 6.45) is 0.157. The average molecular weight is 307 g/mol. The van der Waals surface area contributed by atoms with E-state index in [1.807, 2.05) is 12.1 Å². The molecule has 21 heavy (non-hydrogen) atoms. The summed E-state index contributed by atoms with van der Waals surface area (Å²) in [6, 6.07) is 7.20. The number of rotatable bonds is 2. The number of carbonyl (C=O) groups excluding carboxylic acids is 1. The van der Waals surface area contributed by atoms with Gasteiger partial charge in [-0.25, -0.2) is 4.68 Å². The molecule has 2 heterocycles. The lowest BCUT2D eigenvalue weighted by Crippen LogP contribution is -2.30. The van der Waals surface area contributed by atoms with E-state index in [-0.39, 0.29) is 5.91 Å². The molecule has 0 aliphatic carbocycles. The number of halogens is 1. The first-order valence-corrected chi connectivity index (χ1v) is 7.09. The lowest BCUT2D eigenvalue weighted by atomic mass is 10.2. The monoisotopic (exact) mass is 306 g/mol. The molecule has 1 fully saturated rings. The van der Waals surface area contributed by atoms with E-state index >= 15 is 0 Å². The van der Waals surface area contributed by atoms with Crippen LogP contribution in [0.4, 0.5) is 0 Å². The smallest absolute Gasteiger partial charge is 0.276 e. The van der Waals surface area contributed by atoms with E-state index in [4.69, 9.17) is 11.6 Å². The fourth-order valence-electron chi connectivity index (χ4n) is 2.46. The van der Waals surface area contributed by atoms with Gasteiger partial charge in [0.2, 0.25) is 0 Å². The minimum Gasteiger partial charge on any atom is -0.391 e. The van der Waals surface area contributed by atoms with Gasteiger partial charge in [-0.3, -0.25) is 4.79 Å². The molecule has 1 aliphatic rings. The second-order valence-electron chi connectivity index (χ2n) is 5.11. The Morgan fingerprint density at radius 3 is 2.95 bits per heavy atom. The Labute approximate surface area is 126 Å². The second-order valence-corrected chi connectivity index (χ2v) is 5.55. The molecule has 3 rings (SSSR count). The van der Waals surface area contributed by atoms with Gasteiger partial charge in [-0.2, -0.15) is 0 Å². The summed E-state index contributed by atoms with van der Waals surface area (Å²) >= 11 is 5.97. The number of hydrogen-bond donors (Lipinski definition) is 1. The predicted molar refractivity (Wildman–Crippen MR) is 77.6 cm³/mol. The van der Waals surface area contributed by atoms with Crippen LogP contribution in [-0.4, -0.2) is 50.1 Å². The van der Waals surface area contributed by atoms with Crippen molar-refractivity contribution in [3.8, 4) is 5.69 Å². The molecule has 2 aromatic rings. The summed E-state index contributed by atoms with van der Waals surface area (Å²) in [7, 11) is 0. The highest BCUT2D eigenvalue weighted by molar-refractivity contribution is 6.30. The number of carbonyl (C=O) groups is 1. The number of β-amino-alcohol motifs (C(OH)–C–C–N with tert-alkyl or cyclic N) is 1. The van der Waals surface area contributed by atoms with Gasteiger partial charge < -0.3 is 10.0 Å². The standard InChI is InChI=1S/C14H15ClN4O2/c1-9-13(14(21)18-6-5-12(20)8-18)16-17-19(9)11-4-2-3-10(15)7-11/h2-4,7,12,20H,5-6,8H2,1H3/t12-/m1/s1. The molecule has 0 saturated carbocycles. The molecule has 0 spiro atoms. The molecule has 7 heteroatoms. The molecule has 0 radical (unpaired) electrons. The summed E-state index contributed by atoms with van der Waals surface area (Å²) in [5.41, 5.74) is 1.72. The normalized spacial score (nSPS) is 18.2. The van der Waals surface area contributed by atoms with Crippen molar-refractivity contribution in [3.63, 3.8) is 0 Å². The van der Waals surface area contributed by atoms with Crippen molar-refractivity contribution >= 4 is 17.5 Å². The molecule has 6 nitrogen and oxygen atoms in total. The highest BCUT2D eigenvalue weighted by Crippen LogP contribution is 2.19. The van der Waals surface area contributed by atoms with Crippen LogP contribution in [0.5, 0.6) is 0 Å². The lowest BCUT2D eigenvalue weighted by molar-refractivity contribution is 0.0758. The van der Waals surface area contributed by atoms with Gasteiger partial charge in [0.05, 0.1) is 17.5 Å². The van der Waals surface area contributed by atoms with Crippen LogP contribution in [0, 0.1) is 6.92 Å². The third kappa shape index (κ3) is 2.64. The van der Waals surface area contributed by atoms with Crippen LogP contribution in [0.25, 0.3) is 5.69 Å². The number of aliphatic hydroxyl groups is 1. The van der Waals surface area contributed by atoms with Gasteiger partial charge in [-0.05, 0) is 31.5 Å². The van der Waals surface area contributed by atoms with Crippen molar-refractivity contribution in [1.29, 1.82) is 0 Å². The van der Waals surface area contributed by atoms with Crippen molar-refractivity contribution in [2.75, 3.05) is 13.1 Å². The van der Waals surface area contributed by atoms with Crippen LogP contribution in [0.15, 0.2) is 24.3 Å². The molecule has 0 bridgehead atoms. The summed E-state index contributed by atoms with van der Waals surface area (Å²) in [5.74, 6) is -0.197. The highest BCUT2D eigenvalue weighted by atomic mass is 35.5. The Bertz CT molecular complexity index is 685. The Hall–Kier alpha value is -1.92. The first-order chi connectivity index (χ1) is 10.1. The van der Waals surface area contributed by atoms with Crippen LogP contribution in [0.2, 0.25) is 5.02 Å². The van der Waals surface area contributed by atoms with Crippen LogP contribution in [-0.2, 0) is 0 Å². The van der Waals surface area contributed by atoms with E-state index in [0.717, 1.165) is 5.69 Å². The largest absolute Gasteiger partial charge is 0.391 e. The summed E-state index contributed by atoms with van der Waals surface area (Å²) in [6.45, 7) is 2.69. The highest BCUT2D eigenvalue weighted by Gasteiger charge is 2.28. The van der Waals surface area contributed by atoms with E-state index in [1.165, 1.54) is 0 Å². The van der Waals surface area contributed by atoms with Crippen molar-refractivity contribution in [1.82, 2.24) is 19.9 Å². The number of benzene rings is 1. The number of hydrogen-bond acceptors (Lipinski definition) is 4. The van der Waals surface area contributed by atoms with Gasteiger partial charge in [0.25, 0.3) is 5.91 Å². The summed E-state index contributed by atoms with van der Waals surface area (Å²) in [4.78, 5) is 14.0. The lowest BCUT2D eigenvalue weighted by Gasteiger charge is -2.14. The number of amides is 1. The Balaban J connectivity index is 1.91. The zero-order valence-corrected chi connectivity index (χ0v) is 12.3. The summed E-state index contributed by atoms with van der Waals surface area (Å²) < 4.78 is 1.59. The van der Waals surface area contributed by atoms with Crippen molar-refractivity contribution in [3.05, 3.63) is 40.7 Å². The molecule has 1 N–H and O–H groups in total. The van der Waals surface area contributed by atoms with Gasteiger partial charge in [0.1, 0.15) is 0 Å². The number of aliphatic hydroxyl groups excluding tert-OH is 1. The van der Waals surface area contributed by atoms with Crippen LogP contribution in [0.1, 0.15) is 22.6 Å². The first-order valence-electron chi connectivity index (χ1n) is 6.72. The van der Waals surface area contributed by atoms with Crippen LogP contribution in [0.3, 0.4) is 0 Å². The third-order valence-electron chi connectivity index (χ3n) is 3.60. The maximum absolute atomic E-state index is 12.4. The first kappa shape index (κ1) is 14.0. The SMILES string of the molecule is Cc1c(C(=O)N2CC[C@@H](O)C2)nnn1-c1cccc(Cl)c1. The van der Waals surface area contributed by atoms with Crippen LogP contribution >= 0.6 is 11.6 Å². The van der Waals surface area contributed by atoms with E-state index in [9.17, 15) is 9.90 Å². The molecule has 1 aliphatic heterocycles. The molecule has 1 amide bonds. The molecular formula is C14H15ClN4O2. The van der Waals surface area contributed by atoms with E-state index in [2.05, 4.69) is 10.3 Å². The number of likely N-dealkylation sites (tertiary alicyclic amines) is 1. The van der Waals surface area contributed by atoms with Gasteiger partial charge in [-0.15, -0.1) is 5.10 Å². The van der Waals surface area contributed by atoms with Crippen molar-refractivity contribution in [2.24, 2.45) is 0 Å². The topological polar surface area (TPSA) is 71.2 Å². The fraction of sp³-hybridized carbons (Fsp3) is 0.357. The van der Waals surface area contributed by atoms with Gasteiger partial charge in [-0.1, -0.05) is 22.9 Å². The fourth-order valence-corrected chi connectivity index (χ4v) is 2.64. The maximum atomic E-state index is 12.4. The summed E-state index contributed by atoms with van der Waals surface area (Å²) in [5, 5.41) is 18.1. The van der Waals surface area contributed by atoms with E-state index < -0.39 is 6.10 Å². The molecule has 1 saturated heterocycles. The Kier molecular flexibility index (Phi) is 3.65. The number of nitrogens with zero attached hydrogens (tertiary/aromatic N) is 4. The zero-order valence-electron chi connectivity index (χ0n) is 11.5. The molecule has 1 atom stereocenters. The number of aromatic nitrogens is 3. The van der Waals surface area contributed by atoms with E-state index in [0.29, 0.717) is 35.9 Å². The molecule has 1 aromatic heterocycles. The quantitative estimate of drug-likeness (QED) is 0.911. The van der Waals surface area contributed by atoms with E-state index in [1.54, 1.807) is 28.6 Å². The zero-order chi connectivity index (χ0) is 15.0. The minimum absolute atomic E-state index is 0.197. The van der Waals surface area contributed by atoms with Gasteiger partial charge in [0, 0.05) is 18.1 Å². The Morgan fingerprint density at radius 1 is 1.48 bits per heavy atom. The van der Waals surface area contributed by atoms with Crippen LogP contribution < -0.4 is 0 Å². The van der Waals surface area contributed by atoms with Crippen molar-refractivity contribution < 1.29 is 9.90 Å². The van der Waals surface area contributed by atoms with Gasteiger partial charge >= 0.3 is 0 Å².